The quantitative estimate of drug-likeness (QED) is 0.319. The third-order valence-electron chi connectivity index (χ3n) is 6.84. The molecule has 0 spiro atoms. The Labute approximate surface area is 216 Å². The lowest BCUT2D eigenvalue weighted by Crippen LogP contribution is -2.45. The van der Waals surface area contributed by atoms with Gasteiger partial charge in [-0.15, -0.1) is 10.2 Å². The molecule has 37 heavy (non-hydrogen) atoms. The van der Waals surface area contributed by atoms with Gasteiger partial charge >= 0.3 is 0 Å². The first-order valence-electron chi connectivity index (χ1n) is 12.7. The van der Waals surface area contributed by atoms with Gasteiger partial charge < -0.3 is 20.4 Å². The molecular weight excluding hydrogens is 464 g/mol. The average Bonchev–Trinajstić information content (AvgIpc) is 3.44. The summed E-state index contributed by atoms with van der Waals surface area (Å²) in [7, 11) is 0. The van der Waals surface area contributed by atoms with E-state index in [1.54, 1.807) is 12.4 Å². The van der Waals surface area contributed by atoms with Crippen molar-refractivity contribution < 1.29 is 9.21 Å². The van der Waals surface area contributed by atoms with Crippen molar-refractivity contribution in [2.45, 2.75) is 44.7 Å². The molecule has 1 aliphatic rings. The molecule has 1 aliphatic heterocycles. The summed E-state index contributed by atoms with van der Waals surface area (Å²) in [6.45, 7) is 6.44. The molecule has 0 atom stereocenters. The molecule has 3 N–H and O–H groups in total. The van der Waals surface area contributed by atoms with Gasteiger partial charge in [-0.25, -0.2) is 0 Å². The zero-order valence-electron chi connectivity index (χ0n) is 21.2. The smallest absolute Gasteiger partial charge is 0.251 e. The summed E-state index contributed by atoms with van der Waals surface area (Å²) in [6, 6.07) is 19.5. The van der Waals surface area contributed by atoms with Gasteiger partial charge in [0.15, 0.2) is 0 Å². The van der Waals surface area contributed by atoms with Crippen molar-refractivity contribution in [1.82, 2.24) is 25.8 Å². The molecule has 0 aliphatic carbocycles. The van der Waals surface area contributed by atoms with Crippen molar-refractivity contribution in [2.24, 2.45) is 0 Å². The van der Waals surface area contributed by atoms with Crippen molar-refractivity contribution in [2.75, 3.05) is 18.4 Å². The van der Waals surface area contributed by atoms with Gasteiger partial charge in [-0.3, -0.25) is 9.78 Å². The molecule has 0 radical (unpaired) electrons. The Hall–Kier alpha value is -4.04. The molecule has 0 unspecified atom stereocenters. The zero-order chi connectivity index (χ0) is 25.7. The van der Waals surface area contributed by atoms with E-state index in [9.17, 15) is 4.79 Å². The summed E-state index contributed by atoms with van der Waals surface area (Å²) in [5.41, 5.74) is 4.11. The predicted molar refractivity (Wildman–Crippen MR) is 143 cm³/mol. The summed E-state index contributed by atoms with van der Waals surface area (Å²) < 4.78 is 6.16. The lowest BCUT2D eigenvalue weighted by atomic mass is 9.87. The second-order valence-electron chi connectivity index (χ2n) is 9.72. The summed E-state index contributed by atoms with van der Waals surface area (Å²) in [5, 5.41) is 18.8. The number of carbonyl (C=O) groups is 1. The molecule has 0 bridgehead atoms. The second-order valence-corrected chi connectivity index (χ2v) is 9.72. The number of amides is 1. The first-order chi connectivity index (χ1) is 18.0. The standard InChI is InChI=1S/C29H32N6O2/c1-20(2)25-9-4-3-6-23(25)19-32-26(36)22-7-5-8-24(18-22)33-29(12-16-31-17-13-29)28-35-34-27(37-28)21-10-14-30-15-11-21/h3-11,14-15,18,20,31,33H,12-13,16-17,19H2,1-2H3,(H,32,36). The maximum Gasteiger partial charge on any atom is 0.251 e. The van der Waals surface area contributed by atoms with Gasteiger partial charge in [0.05, 0.1) is 0 Å². The van der Waals surface area contributed by atoms with Crippen molar-refractivity contribution in [3.63, 3.8) is 0 Å². The van der Waals surface area contributed by atoms with Crippen LogP contribution in [0.1, 0.15) is 60.0 Å². The molecule has 8 heteroatoms. The van der Waals surface area contributed by atoms with Gasteiger partial charge in [0, 0.05) is 35.8 Å². The SMILES string of the molecule is CC(C)c1ccccc1CNC(=O)c1cccc(NC2(c3nnc(-c4ccncc4)o3)CCNCC2)c1. The third-order valence-corrected chi connectivity index (χ3v) is 6.84. The van der Waals surface area contributed by atoms with E-state index in [0.29, 0.717) is 29.8 Å². The van der Waals surface area contributed by atoms with E-state index in [4.69, 9.17) is 4.42 Å². The van der Waals surface area contributed by atoms with Gasteiger partial charge in [-0.1, -0.05) is 44.2 Å². The van der Waals surface area contributed by atoms with Crippen LogP contribution in [0.5, 0.6) is 0 Å². The predicted octanol–water partition coefficient (Wildman–Crippen LogP) is 4.88. The van der Waals surface area contributed by atoms with Crippen LogP contribution in [0.15, 0.2) is 77.5 Å². The highest BCUT2D eigenvalue weighted by molar-refractivity contribution is 5.95. The van der Waals surface area contributed by atoms with Crippen LogP contribution in [0.2, 0.25) is 0 Å². The van der Waals surface area contributed by atoms with Crippen LogP contribution < -0.4 is 16.0 Å². The molecule has 1 fully saturated rings. The summed E-state index contributed by atoms with van der Waals surface area (Å²) in [4.78, 5) is 17.1. The first-order valence-corrected chi connectivity index (χ1v) is 12.7. The van der Waals surface area contributed by atoms with Crippen molar-refractivity contribution in [3.05, 3.63) is 95.6 Å². The van der Waals surface area contributed by atoms with E-state index in [0.717, 1.165) is 42.7 Å². The molecule has 0 saturated carbocycles. The van der Waals surface area contributed by atoms with Gasteiger partial charge in [-0.05, 0) is 73.3 Å². The number of nitrogens with one attached hydrogen (secondary N) is 3. The Morgan fingerprint density at radius 2 is 1.81 bits per heavy atom. The molecule has 2 aromatic heterocycles. The lowest BCUT2D eigenvalue weighted by Gasteiger charge is -2.36. The monoisotopic (exact) mass is 496 g/mol. The molecule has 8 nitrogen and oxygen atoms in total. The van der Waals surface area contributed by atoms with E-state index in [1.807, 2.05) is 48.5 Å². The lowest BCUT2D eigenvalue weighted by molar-refractivity contribution is 0.0951. The minimum atomic E-state index is -0.533. The third kappa shape index (κ3) is 5.54. The molecular formula is C29H32N6O2. The minimum absolute atomic E-state index is 0.112. The van der Waals surface area contributed by atoms with Gasteiger partial charge in [0.25, 0.3) is 5.91 Å². The number of hydrogen-bond donors (Lipinski definition) is 3. The highest BCUT2D eigenvalue weighted by atomic mass is 16.4. The van der Waals surface area contributed by atoms with E-state index in [-0.39, 0.29) is 5.91 Å². The largest absolute Gasteiger partial charge is 0.418 e. The van der Waals surface area contributed by atoms with Crippen LogP contribution in [-0.2, 0) is 12.1 Å². The Balaban J connectivity index is 1.34. The first kappa shape index (κ1) is 24.6. The summed E-state index contributed by atoms with van der Waals surface area (Å²) in [6.07, 6.45) is 4.95. The maximum atomic E-state index is 13.1. The fourth-order valence-electron chi connectivity index (χ4n) is 4.82. The highest BCUT2D eigenvalue weighted by Crippen LogP contribution is 2.35. The number of hydrogen-bond acceptors (Lipinski definition) is 7. The van der Waals surface area contributed by atoms with Crippen molar-refractivity contribution >= 4 is 11.6 Å². The number of carbonyl (C=O) groups excluding carboxylic acids is 1. The Morgan fingerprint density at radius 3 is 2.59 bits per heavy atom. The minimum Gasteiger partial charge on any atom is -0.418 e. The van der Waals surface area contributed by atoms with E-state index in [2.05, 4.69) is 57.1 Å². The van der Waals surface area contributed by atoms with Gasteiger partial charge in [-0.2, -0.15) is 0 Å². The van der Waals surface area contributed by atoms with Gasteiger partial charge in [0.1, 0.15) is 5.54 Å². The van der Waals surface area contributed by atoms with E-state index in [1.165, 1.54) is 5.56 Å². The Morgan fingerprint density at radius 1 is 1.03 bits per heavy atom. The number of pyridine rings is 1. The van der Waals surface area contributed by atoms with Crippen LogP contribution in [0.25, 0.3) is 11.5 Å². The van der Waals surface area contributed by atoms with Crippen LogP contribution in [0.4, 0.5) is 5.69 Å². The normalized spacial score (nSPS) is 14.9. The van der Waals surface area contributed by atoms with Gasteiger partial charge in [0.2, 0.25) is 11.8 Å². The number of benzene rings is 2. The molecule has 190 valence electrons. The van der Waals surface area contributed by atoms with Crippen molar-refractivity contribution in [3.8, 4) is 11.5 Å². The highest BCUT2D eigenvalue weighted by Gasteiger charge is 2.39. The average molecular weight is 497 g/mol. The maximum absolute atomic E-state index is 13.1. The molecule has 2 aromatic carbocycles. The Bertz CT molecular complexity index is 1350. The number of anilines is 1. The summed E-state index contributed by atoms with van der Waals surface area (Å²) >= 11 is 0. The summed E-state index contributed by atoms with van der Waals surface area (Å²) in [5.74, 6) is 1.29. The van der Waals surface area contributed by atoms with E-state index >= 15 is 0 Å². The van der Waals surface area contributed by atoms with Crippen LogP contribution in [0, 0.1) is 0 Å². The number of aromatic nitrogens is 3. The van der Waals surface area contributed by atoms with Crippen molar-refractivity contribution in [1.29, 1.82) is 0 Å². The fourth-order valence-corrected chi connectivity index (χ4v) is 4.82. The number of piperidine rings is 1. The molecule has 3 heterocycles. The number of rotatable bonds is 8. The molecule has 5 rings (SSSR count). The molecule has 1 amide bonds. The zero-order valence-corrected chi connectivity index (χ0v) is 21.2. The van der Waals surface area contributed by atoms with Crippen LogP contribution >= 0.6 is 0 Å². The van der Waals surface area contributed by atoms with Crippen LogP contribution in [0.3, 0.4) is 0 Å². The molecule has 1 saturated heterocycles. The molecule has 4 aromatic rings. The second kappa shape index (κ2) is 10.9. The van der Waals surface area contributed by atoms with Crippen LogP contribution in [-0.4, -0.2) is 34.2 Å². The topological polar surface area (TPSA) is 105 Å². The Kier molecular flexibility index (Phi) is 7.28. The number of nitrogens with zero attached hydrogens (tertiary/aromatic N) is 3. The fraction of sp³-hybridized carbons (Fsp3) is 0.310. The van der Waals surface area contributed by atoms with E-state index < -0.39 is 5.54 Å².